The summed E-state index contributed by atoms with van der Waals surface area (Å²) in [7, 11) is 0. The van der Waals surface area contributed by atoms with Gasteiger partial charge < -0.3 is 114 Å². The van der Waals surface area contributed by atoms with E-state index in [0.717, 1.165) is 24.8 Å². The Bertz CT molecular complexity index is 1990. The summed E-state index contributed by atoms with van der Waals surface area (Å²) in [6.07, 6.45) is -25.2. The van der Waals surface area contributed by atoms with E-state index in [-0.39, 0.29) is 34.5 Å². The zero-order valence-electron chi connectivity index (χ0n) is 45.8. The van der Waals surface area contributed by atoms with Crippen LogP contribution in [0.2, 0.25) is 0 Å². The van der Waals surface area contributed by atoms with Crippen LogP contribution in [0.4, 0.5) is 0 Å². The summed E-state index contributed by atoms with van der Waals surface area (Å²) in [6, 6.07) is 0. The summed E-state index contributed by atoms with van der Waals surface area (Å²) in [5, 5.41) is 162. The average Bonchev–Trinajstić information content (AvgIpc) is 3.96. The van der Waals surface area contributed by atoms with Crippen LogP contribution >= 0.6 is 0 Å². The predicted octanol–water partition coefficient (Wildman–Crippen LogP) is -2.20. The van der Waals surface area contributed by atoms with Crippen molar-refractivity contribution in [3.05, 3.63) is 11.6 Å². The van der Waals surface area contributed by atoms with Gasteiger partial charge >= 0.3 is 0 Å². The number of rotatable bonds is 16. The van der Waals surface area contributed by atoms with Gasteiger partial charge in [0.1, 0.15) is 97.7 Å². The minimum absolute atomic E-state index is 0.0374. The first-order valence-electron chi connectivity index (χ1n) is 27.9. The molecule has 4 heterocycles. The van der Waals surface area contributed by atoms with E-state index < -0.39 is 178 Å². The molecule has 8 fully saturated rings. The maximum atomic E-state index is 12.8. The van der Waals surface area contributed by atoms with Crippen molar-refractivity contribution < 1.29 is 114 Å². The Hall–Kier alpha value is -1.18. The number of fused-ring (bicyclic) bond motifs is 5. The molecule has 0 aromatic heterocycles. The van der Waals surface area contributed by atoms with Crippen molar-refractivity contribution in [2.24, 2.45) is 45.3 Å². The molecule has 23 nitrogen and oxygen atoms in total. The third-order valence-electron chi connectivity index (χ3n) is 20.9. The molecule has 446 valence electrons. The molecule has 0 amide bonds. The third-order valence-corrected chi connectivity index (χ3v) is 20.9. The largest absolute Gasteiger partial charge is 0.394 e. The summed E-state index contributed by atoms with van der Waals surface area (Å²) >= 11 is 0. The molecule has 8 rings (SSSR count). The lowest BCUT2D eigenvalue weighted by atomic mass is 9.35. The van der Waals surface area contributed by atoms with Gasteiger partial charge in [-0.2, -0.15) is 0 Å². The Morgan fingerprint density at radius 3 is 1.64 bits per heavy atom. The topological polar surface area (TPSA) is 377 Å². The van der Waals surface area contributed by atoms with E-state index in [2.05, 4.69) is 40.7 Å². The van der Waals surface area contributed by atoms with Crippen LogP contribution in [-0.2, 0) is 37.9 Å². The Balaban J connectivity index is 1.01. The van der Waals surface area contributed by atoms with Crippen LogP contribution in [0.1, 0.15) is 113 Å². The molecule has 0 aromatic rings. The van der Waals surface area contributed by atoms with Crippen LogP contribution in [0.3, 0.4) is 0 Å². The van der Waals surface area contributed by atoms with Gasteiger partial charge in [-0.05, 0) is 124 Å². The molecule has 1 unspecified atom stereocenters. The fraction of sp³-hybridized carbons (Fsp3) is 0.963. The van der Waals surface area contributed by atoms with E-state index in [9.17, 15) is 76.6 Å². The minimum Gasteiger partial charge on any atom is -0.394 e. The lowest BCUT2D eigenvalue weighted by molar-refractivity contribution is -0.378. The molecule has 4 aliphatic heterocycles. The maximum absolute atomic E-state index is 12.8. The molecular weight excluding hydrogens is 1020 g/mol. The highest BCUT2D eigenvalue weighted by molar-refractivity contribution is 5.20. The SMILES string of the molecule is CC(C)=CCC[C@](C)(O[C@@H]1O[C@H](CO[C@@H]2O[C@H](CO)[C@H](O)C(O)[C@H]2O)[C@H](O)[C@@H](O)[C@H]1O)[C@H]1CC[C@]2(C)[C@H]1[C@H](O)C[C@@H]1[C@]3(C)CC[C@H](O[C@@H]4O[C@H](CO)[C@H](O)[C@H](O)[C@H]4O[C@@H]4O[C@H](CO)[C@H](O)[C@@H](O)[C@H]4O)C(C)(C)[C@@H]3CC[C@]12C. The predicted molar refractivity (Wildman–Crippen MR) is 266 cm³/mol. The molecule has 4 aliphatic carbocycles. The van der Waals surface area contributed by atoms with Gasteiger partial charge in [0.15, 0.2) is 25.2 Å². The van der Waals surface area contributed by atoms with Crippen LogP contribution in [0.15, 0.2) is 11.6 Å². The van der Waals surface area contributed by atoms with Gasteiger partial charge in [-0.15, -0.1) is 0 Å². The Labute approximate surface area is 450 Å². The van der Waals surface area contributed by atoms with Gasteiger partial charge in [0, 0.05) is 0 Å². The van der Waals surface area contributed by atoms with Crippen molar-refractivity contribution in [2.45, 2.75) is 254 Å². The van der Waals surface area contributed by atoms with Crippen LogP contribution in [0.5, 0.6) is 0 Å². The molecule has 4 saturated heterocycles. The maximum Gasteiger partial charge on any atom is 0.187 e. The minimum atomic E-state index is -1.82. The van der Waals surface area contributed by atoms with Crippen molar-refractivity contribution in [3.63, 3.8) is 0 Å². The zero-order chi connectivity index (χ0) is 56.6. The second-order valence-corrected chi connectivity index (χ2v) is 25.7. The number of allylic oxidation sites excluding steroid dienone is 2. The lowest BCUT2D eigenvalue weighted by Gasteiger charge is -2.71. The monoisotopic (exact) mass is 1110 g/mol. The lowest BCUT2D eigenvalue weighted by Crippen LogP contribution is -2.68. The normalized spacial score (nSPS) is 52.7. The quantitative estimate of drug-likeness (QED) is 0.0576. The number of aliphatic hydroxyl groups excluding tert-OH is 15. The molecule has 8 aliphatic rings. The van der Waals surface area contributed by atoms with E-state index in [1.54, 1.807) is 0 Å². The molecule has 4 saturated carbocycles. The summed E-state index contributed by atoms with van der Waals surface area (Å²) in [6.45, 7) is 14.6. The molecule has 15 N–H and O–H groups in total. The van der Waals surface area contributed by atoms with Crippen molar-refractivity contribution in [2.75, 3.05) is 26.4 Å². The number of aliphatic hydroxyl groups is 15. The number of ether oxygens (including phenoxy) is 8. The van der Waals surface area contributed by atoms with Crippen molar-refractivity contribution in [3.8, 4) is 0 Å². The van der Waals surface area contributed by atoms with Crippen molar-refractivity contribution >= 4 is 0 Å². The van der Waals surface area contributed by atoms with Gasteiger partial charge in [0.05, 0.1) is 44.2 Å². The highest BCUT2D eigenvalue weighted by Crippen LogP contribution is 2.76. The first-order chi connectivity index (χ1) is 36.0. The van der Waals surface area contributed by atoms with Crippen molar-refractivity contribution in [1.29, 1.82) is 0 Å². The number of hydrogen-bond donors (Lipinski definition) is 15. The van der Waals surface area contributed by atoms with E-state index in [1.165, 1.54) is 0 Å². The van der Waals surface area contributed by atoms with Gasteiger partial charge in [-0.25, -0.2) is 0 Å². The highest BCUT2D eigenvalue weighted by atomic mass is 16.8. The number of hydrogen-bond acceptors (Lipinski definition) is 23. The standard InChI is InChI=1S/C54H92O23/c1-23(2)10-9-14-54(8,77-48-44(69)40(65)37(62)29(74-48)22-70-46-42(67)38(63)34(59)26(19-55)71-46)24-11-16-53(7)33(24)25(58)18-31-51(5)15-13-32(50(3,4)30(51)12-17-52(31,53)6)75-49-45(41(66)36(61)28(21-57)73-49)76-47-43(68)39(64)35(60)27(20-56)72-47/h10,24-49,55-69H,9,11-22H2,1-8H3/t24-,25+,26+,27+,28+,29+,30-,31+,32-,33+,34-,35-,36-,37-,38?,39+,40+,41-,42+,43+,44+,45+,46+,47-,48-,49-,51+,52+,53+,54-/m0/s1. The average molecular weight is 1110 g/mol. The van der Waals surface area contributed by atoms with Gasteiger partial charge in [-0.3, -0.25) is 0 Å². The second kappa shape index (κ2) is 23.5. The second-order valence-electron chi connectivity index (χ2n) is 25.7. The molecule has 30 atom stereocenters. The zero-order valence-corrected chi connectivity index (χ0v) is 45.8. The van der Waals surface area contributed by atoms with Crippen LogP contribution in [-0.4, -0.2) is 244 Å². The van der Waals surface area contributed by atoms with Gasteiger partial charge in [0.2, 0.25) is 0 Å². The van der Waals surface area contributed by atoms with E-state index in [4.69, 9.17) is 37.9 Å². The molecule has 0 radical (unpaired) electrons. The Morgan fingerprint density at radius 1 is 0.545 bits per heavy atom. The first-order valence-corrected chi connectivity index (χ1v) is 27.9. The Morgan fingerprint density at radius 2 is 1.05 bits per heavy atom. The van der Waals surface area contributed by atoms with Crippen LogP contribution in [0.25, 0.3) is 0 Å². The summed E-state index contributed by atoms with van der Waals surface area (Å²) in [5.74, 6) is -0.475. The van der Waals surface area contributed by atoms with E-state index in [0.29, 0.717) is 38.5 Å². The first kappa shape index (κ1) is 61.9. The summed E-state index contributed by atoms with van der Waals surface area (Å²) < 4.78 is 48.9. The summed E-state index contributed by atoms with van der Waals surface area (Å²) in [4.78, 5) is 0. The molecule has 0 aromatic carbocycles. The van der Waals surface area contributed by atoms with E-state index in [1.807, 2.05) is 20.8 Å². The molecule has 0 bridgehead atoms. The van der Waals surface area contributed by atoms with E-state index >= 15 is 0 Å². The van der Waals surface area contributed by atoms with Gasteiger partial charge in [-0.1, -0.05) is 46.3 Å². The van der Waals surface area contributed by atoms with Crippen LogP contribution in [0, 0.1) is 45.3 Å². The molecule has 23 heteroatoms. The Kier molecular flexibility index (Phi) is 18.9. The van der Waals surface area contributed by atoms with Crippen molar-refractivity contribution in [1.82, 2.24) is 0 Å². The highest BCUT2D eigenvalue weighted by Gasteiger charge is 2.72. The molecule has 77 heavy (non-hydrogen) atoms. The fourth-order valence-electron chi connectivity index (χ4n) is 16.3. The fourth-order valence-corrected chi connectivity index (χ4v) is 16.3. The smallest absolute Gasteiger partial charge is 0.187 e. The molecule has 0 spiro atoms. The third kappa shape index (κ3) is 10.9. The summed E-state index contributed by atoms with van der Waals surface area (Å²) in [5.41, 5.74) is -1.59. The molecular formula is C54H92O23. The van der Waals surface area contributed by atoms with Gasteiger partial charge in [0.25, 0.3) is 0 Å². The van der Waals surface area contributed by atoms with Crippen LogP contribution < -0.4 is 0 Å².